The Hall–Kier alpha value is -2.79. The number of nitrogens with one attached hydrogen (secondary N) is 2. The highest BCUT2D eigenvalue weighted by molar-refractivity contribution is 7.91. The molecule has 166 valence electrons. The molecular formula is C21H20ClN5O3S2. The lowest BCUT2D eigenvalue weighted by atomic mass is 10.1. The summed E-state index contributed by atoms with van der Waals surface area (Å²) in [6.45, 7) is 0.753. The minimum Gasteiger partial charge on any atom is -0.384 e. The summed E-state index contributed by atoms with van der Waals surface area (Å²) in [5.74, 6) is -0.327. The third-order valence-corrected chi connectivity index (χ3v) is 8.35. The van der Waals surface area contributed by atoms with Crippen LogP contribution < -0.4 is 10.5 Å². The molecule has 11 heteroatoms. The fourth-order valence-corrected chi connectivity index (χ4v) is 6.18. The Morgan fingerprint density at radius 3 is 2.84 bits per heavy atom. The van der Waals surface area contributed by atoms with E-state index in [-0.39, 0.29) is 16.0 Å². The molecule has 1 fully saturated rings. The molecule has 3 heterocycles. The molecule has 1 aliphatic heterocycles. The third-order valence-electron chi connectivity index (χ3n) is 5.04. The van der Waals surface area contributed by atoms with Crippen LogP contribution in [-0.2, 0) is 21.4 Å². The van der Waals surface area contributed by atoms with Crippen molar-refractivity contribution in [3.8, 4) is 10.4 Å². The van der Waals surface area contributed by atoms with Crippen molar-refractivity contribution in [1.82, 2.24) is 14.6 Å². The van der Waals surface area contributed by atoms with Crippen molar-refractivity contribution >= 4 is 44.7 Å². The Kier molecular flexibility index (Phi) is 6.29. The van der Waals surface area contributed by atoms with Crippen molar-refractivity contribution in [3.05, 3.63) is 71.0 Å². The SMILES string of the molecule is N=C(N)c1cccc(CN2CCC(NS(=O)(=O)c3ccc(-c4cncc(Cl)c4)s3)C2=O)c1. The Morgan fingerprint density at radius 1 is 1.28 bits per heavy atom. The van der Waals surface area contributed by atoms with Gasteiger partial charge in [0.1, 0.15) is 16.1 Å². The number of nitrogens with two attached hydrogens (primary N) is 1. The highest BCUT2D eigenvalue weighted by atomic mass is 35.5. The topological polar surface area (TPSA) is 129 Å². The smallest absolute Gasteiger partial charge is 0.250 e. The van der Waals surface area contributed by atoms with Crippen LogP contribution >= 0.6 is 22.9 Å². The Balaban J connectivity index is 1.45. The van der Waals surface area contributed by atoms with Gasteiger partial charge in [-0.1, -0.05) is 29.8 Å². The maximum absolute atomic E-state index is 12.9. The van der Waals surface area contributed by atoms with Crippen LogP contribution in [0.2, 0.25) is 5.02 Å². The predicted octanol–water partition coefficient (Wildman–Crippen LogP) is 2.83. The Labute approximate surface area is 194 Å². The predicted molar refractivity (Wildman–Crippen MR) is 124 cm³/mol. The van der Waals surface area contributed by atoms with Crippen LogP contribution in [0.3, 0.4) is 0 Å². The number of halogens is 1. The standard InChI is InChI=1S/C21H20ClN5O3S2/c22-16-9-15(10-25-11-16)18-4-5-19(31-18)32(29,30)26-17-6-7-27(21(17)28)12-13-2-1-3-14(8-13)20(23)24/h1-5,8-11,17,26H,6-7,12H2,(H3,23,24). The highest BCUT2D eigenvalue weighted by Crippen LogP contribution is 2.32. The van der Waals surface area contributed by atoms with Crippen molar-refractivity contribution in [1.29, 1.82) is 5.41 Å². The number of carbonyl (C=O) groups is 1. The molecule has 1 saturated heterocycles. The molecule has 1 amide bonds. The molecule has 1 aromatic carbocycles. The number of hydrogen-bond acceptors (Lipinski definition) is 6. The van der Waals surface area contributed by atoms with Gasteiger partial charge in [-0.3, -0.25) is 15.2 Å². The van der Waals surface area contributed by atoms with Gasteiger partial charge in [0.25, 0.3) is 10.0 Å². The van der Waals surface area contributed by atoms with Gasteiger partial charge in [-0.15, -0.1) is 11.3 Å². The fourth-order valence-electron chi connectivity index (χ4n) is 3.47. The first-order chi connectivity index (χ1) is 15.2. The highest BCUT2D eigenvalue weighted by Gasteiger charge is 2.35. The number of carbonyl (C=O) groups excluding carboxylic acids is 1. The maximum atomic E-state index is 12.9. The normalized spacial score (nSPS) is 16.5. The molecule has 1 unspecified atom stereocenters. The zero-order valence-electron chi connectivity index (χ0n) is 16.8. The van der Waals surface area contributed by atoms with Crippen LogP contribution in [0.15, 0.2) is 59.1 Å². The van der Waals surface area contributed by atoms with Gasteiger partial charge in [0, 0.05) is 41.5 Å². The van der Waals surface area contributed by atoms with Crippen molar-refractivity contribution in [3.63, 3.8) is 0 Å². The molecule has 32 heavy (non-hydrogen) atoms. The number of likely N-dealkylation sites (tertiary alicyclic amines) is 1. The second-order valence-corrected chi connectivity index (χ2v) is 10.8. The summed E-state index contributed by atoms with van der Waals surface area (Å²) in [6.07, 6.45) is 3.49. The lowest BCUT2D eigenvalue weighted by Crippen LogP contribution is -2.41. The van der Waals surface area contributed by atoms with Gasteiger partial charge in [0.2, 0.25) is 5.91 Å². The molecule has 8 nitrogen and oxygen atoms in total. The first kappa shape index (κ1) is 22.4. The summed E-state index contributed by atoms with van der Waals surface area (Å²) in [5, 5.41) is 8.01. The summed E-state index contributed by atoms with van der Waals surface area (Å²) < 4.78 is 28.4. The van der Waals surface area contributed by atoms with Crippen LogP contribution in [-0.4, -0.2) is 42.6 Å². The number of nitrogen functional groups attached to an aromatic ring is 1. The zero-order valence-corrected chi connectivity index (χ0v) is 19.2. The number of nitrogens with zero attached hydrogens (tertiary/aromatic N) is 2. The molecule has 0 aliphatic carbocycles. The molecule has 0 spiro atoms. The van der Waals surface area contributed by atoms with Gasteiger partial charge in [-0.2, -0.15) is 4.72 Å². The van der Waals surface area contributed by atoms with Crippen LogP contribution in [0, 0.1) is 5.41 Å². The maximum Gasteiger partial charge on any atom is 0.250 e. The van der Waals surface area contributed by atoms with E-state index in [1.807, 2.05) is 6.07 Å². The molecule has 4 rings (SSSR count). The Morgan fingerprint density at radius 2 is 2.09 bits per heavy atom. The van der Waals surface area contributed by atoms with Gasteiger partial charge < -0.3 is 10.6 Å². The first-order valence-corrected chi connectivity index (χ1v) is 12.4. The van der Waals surface area contributed by atoms with E-state index in [4.69, 9.17) is 22.7 Å². The van der Waals surface area contributed by atoms with Crippen LogP contribution in [0.1, 0.15) is 17.5 Å². The minimum atomic E-state index is -3.87. The number of benzene rings is 1. The summed E-state index contributed by atoms with van der Waals surface area (Å²) in [6, 6.07) is 11.2. The second-order valence-electron chi connectivity index (χ2n) is 7.35. The molecule has 1 aliphatic rings. The summed E-state index contributed by atoms with van der Waals surface area (Å²) >= 11 is 7.06. The van der Waals surface area contributed by atoms with Gasteiger partial charge >= 0.3 is 0 Å². The van der Waals surface area contributed by atoms with E-state index in [2.05, 4.69) is 9.71 Å². The van der Waals surface area contributed by atoms with E-state index >= 15 is 0 Å². The van der Waals surface area contributed by atoms with Crippen LogP contribution in [0.4, 0.5) is 0 Å². The third kappa shape index (κ3) is 4.83. The van der Waals surface area contributed by atoms with Gasteiger partial charge in [-0.25, -0.2) is 8.42 Å². The van der Waals surface area contributed by atoms with E-state index < -0.39 is 16.1 Å². The molecule has 4 N–H and O–H groups in total. The van der Waals surface area contributed by atoms with E-state index in [1.165, 1.54) is 12.3 Å². The van der Waals surface area contributed by atoms with E-state index in [0.29, 0.717) is 35.0 Å². The van der Waals surface area contributed by atoms with Crippen molar-refractivity contribution < 1.29 is 13.2 Å². The van der Waals surface area contributed by atoms with Crippen molar-refractivity contribution in [2.24, 2.45) is 5.73 Å². The van der Waals surface area contributed by atoms with Crippen LogP contribution in [0.5, 0.6) is 0 Å². The number of sulfonamides is 1. The molecule has 0 saturated carbocycles. The average Bonchev–Trinajstić information content (AvgIpc) is 3.38. The number of amidine groups is 1. The lowest BCUT2D eigenvalue weighted by molar-refractivity contribution is -0.129. The molecule has 0 radical (unpaired) electrons. The number of amides is 1. The first-order valence-electron chi connectivity index (χ1n) is 9.68. The number of thiophene rings is 1. The largest absolute Gasteiger partial charge is 0.384 e. The van der Waals surface area contributed by atoms with E-state index in [0.717, 1.165) is 22.5 Å². The minimum absolute atomic E-state index is 0.0471. The lowest BCUT2D eigenvalue weighted by Gasteiger charge is -2.17. The summed E-state index contributed by atoms with van der Waals surface area (Å²) in [4.78, 5) is 19.2. The van der Waals surface area contributed by atoms with Crippen molar-refractivity contribution in [2.45, 2.75) is 23.2 Å². The average molecular weight is 490 g/mol. The molecule has 1 atom stereocenters. The quantitative estimate of drug-likeness (QED) is 0.347. The van der Waals surface area contributed by atoms with Crippen molar-refractivity contribution in [2.75, 3.05) is 6.54 Å². The van der Waals surface area contributed by atoms with Crippen LogP contribution in [0.25, 0.3) is 10.4 Å². The summed E-state index contributed by atoms with van der Waals surface area (Å²) in [5.41, 5.74) is 7.66. The molecule has 0 bridgehead atoms. The number of hydrogen-bond donors (Lipinski definition) is 3. The van der Waals surface area contributed by atoms with Gasteiger partial charge in [0.05, 0.1) is 5.02 Å². The number of aromatic nitrogens is 1. The molecular weight excluding hydrogens is 470 g/mol. The summed E-state index contributed by atoms with van der Waals surface area (Å²) in [7, 11) is -3.87. The number of pyridine rings is 1. The Bertz CT molecular complexity index is 1290. The van der Waals surface area contributed by atoms with Gasteiger partial charge in [-0.05, 0) is 36.2 Å². The van der Waals surface area contributed by atoms with E-state index in [9.17, 15) is 13.2 Å². The monoisotopic (exact) mass is 489 g/mol. The zero-order chi connectivity index (χ0) is 22.9. The number of rotatable bonds is 7. The fraction of sp³-hybridized carbons (Fsp3) is 0.190. The molecule has 2 aromatic heterocycles. The van der Waals surface area contributed by atoms with E-state index in [1.54, 1.807) is 41.4 Å². The second kappa shape index (κ2) is 8.99. The molecule has 3 aromatic rings. The van der Waals surface area contributed by atoms with Gasteiger partial charge in [0.15, 0.2) is 0 Å².